The molecule has 0 aliphatic carbocycles. The number of aromatic nitrogens is 1. The number of nitrogens with zero attached hydrogens (tertiary/aromatic N) is 2. The Bertz CT molecular complexity index is 1150. The van der Waals surface area contributed by atoms with Gasteiger partial charge in [-0.05, 0) is 48.9 Å². The average Bonchev–Trinajstić information content (AvgIpc) is 2.71. The Hall–Kier alpha value is -3.10. The van der Waals surface area contributed by atoms with Crippen LogP contribution in [0.4, 0.5) is 5.69 Å². The Morgan fingerprint density at radius 2 is 1.73 bits per heavy atom. The van der Waals surface area contributed by atoms with Gasteiger partial charge in [0, 0.05) is 31.2 Å². The lowest BCUT2D eigenvalue weighted by Crippen LogP contribution is -2.31. The molecule has 0 N–H and O–H groups in total. The normalized spacial score (nSPS) is 11.0. The molecule has 0 fully saturated rings. The van der Waals surface area contributed by atoms with Crippen molar-refractivity contribution in [3.05, 3.63) is 77.6 Å². The number of ether oxygens (including phenoxy) is 1. The van der Waals surface area contributed by atoms with Crippen molar-refractivity contribution in [1.29, 1.82) is 0 Å². The van der Waals surface area contributed by atoms with E-state index in [0.29, 0.717) is 17.0 Å². The van der Waals surface area contributed by atoms with E-state index in [1.165, 1.54) is 23.1 Å². The fourth-order valence-corrected chi connectivity index (χ4v) is 4.03. The van der Waals surface area contributed by atoms with E-state index in [0.717, 1.165) is 0 Å². The second kappa shape index (κ2) is 9.15. The first-order valence-electron chi connectivity index (χ1n) is 8.86. The molecule has 0 bridgehead atoms. The van der Waals surface area contributed by atoms with Crippen LogP contribution in [0.1, 0.15) is 5.56 Å². The minimum absolute atomic E-state index is 0.0554. The summed E-state index contributed by atoms with van der Waals surface area (Å²) < 4.78 is 35.9. The number of aryl methyl sites for hydroxylation is 1. The summed E-state index contributed by atoms with van der Waals surface area (Å²) in [5, 5.41) is 0.0615. The summed E-state index contributed by atoms with van der Waals surface area (Å²) in [6.45, 7) is 1.52. The van der Waals surface area contributed by atoms with E-state index < -0.39 is 10.1 Å². The summed E-state index contributed by atoms with van der Waals surface area (Å²) in [6.07, 6.45) is 3.17. The molecule has 7 nitrogen and oxygen atoms in total. The van der Waals surface area contributed by atoms with Gasteiger partial charge >= 0.3 is 10.1 Å². The van der Waals surface area contributed by atoms with Gasteiger partial charge in [0.15, 0.2) is 6.61 Å². The van der Waals surface area contributed by atoms with Crippen LogP contribution in [0.3, 0.4) is 0 Å². The molecule has 0 aliphatic rings. The van der Waals surface area contributed by atoms with Gasteiger partial charge in [0.25, 0.3) is 5.91 Å². The van der Waals surface area contributed by atoms with Crippen molar-refractivity contribution in [2.75, 3.05) is 18.6 Å². The van der Waals surface area contributed by atoms with E-state index in [1.54, 1.807) is 62.8 Å². The quantitative estimate of drug-likeness (QED) is 0.512. The predicted octanol–water partition coefficient (Wildman–Crippen LogP) is 3.85. The Labute approximate surface area is 180 Å². The highest BCUT2D eigenvalue weighted by Crippen LogP contribution is 2.28. The molecule has 1 aromatic heterocycles. The molecule has 0 saturated carbocycles. The fourth-order valence-electron chi connectivity index (χ4n) is 2.62. The lowest BCUT2D eigenvalue weighted by molar-refractivity contribution is -0.120. The van der Waals surface area contributed by atoms with Crippen LogP contribution < -0.4 is 13.8 Å². The summed E-state index contributed by atoms with van der Waals surface area (Å²) >= 11 is 5.97. The zero-order valence-electron chi connectivity index (χ0n) is 16.3. The van der Waals surface area contributed by atoms with E-state index in [2.05, 4.69) is 4.98 Å². The summed E-state index contributed by atoms with van der Waals surface area (Å²) in [7, 11) is -2.50. The van der Waals surface area contributed by atoms with Crippen LogP contribution in [0.25, 0.3) is 0 Å². The molecular weight excluding hydrogens is 428 g/mol. The van der Waals surface area contributed by atoms with Crippen LogP contribution in [0.15, 0.2) is 71.9 Å². The highest BCUT2D eigenvalue weighted by atomic mass is 35.5. The second-order valence-corrected chi connectivity index (χ2v) is 8.32. The van der Waals surface area contributed by atoms with Crippen LogP contribution in [0.2, 0.25) is 5.02 Å². The first kappa shape index (κ1) is 21.6. The molecule has 0 atom stereocenters. The van der Waals surface area contributed by atoms with Gasteiger partial charge in [-0.3, -0.25) is 9.78 Å². The Morgan fingerprint density at radius 3 is 2.43 bits per heavy atom. The standard InChI is InChI=1S/C21H19ClN2O5S/c1-15-11-17(28-14-21(25)24(2)16-7-9-23-10-8-16)13-18(12-15)29-30(26,27)20-6-4-3-5-19(20)22/h3-13H,14H2,1-2H3. The summed E-state index contributed by atoms with van der Waals surface area (Å²) in [6, 6.07) is 14.0. The van der Waals surface area contributed by atoms with Gasteiger partial charge in [0.05, 0.1) is 5.02 Å². The summed E-state index contributed by atoms with van der Waals surface area (Å²) in [5.74, 6) is 0.0737. The van der Waals surface area contributed by atoms with Crippen LogP contribution in [-0.2, 0) is 14.9 Å². The van der Waals surface area contributed by atoms with Gasteiger partial charge in [0.1, 0.15) is 16.4 Å². The first-order valence-corrected chi connectivity index (χ1v) is 10.6. The zero-order valence-corrected chi connectivity index (χ0v) is 17.9. The number of benzene rings is 2. The molecule has 156 valence electrons. The number of rotatable bonds is 7. The highest BCUT2D eigenvalue weighted by molar-refractivity contribution is 7.87. The molecule has 2 aromatic carbocycles. The summed E-state index contributed by atoms with van der Waals surface area (Å²) in [5.41, 5.74) is 1.38. The molecule has 3 rings (SSSR count). The van der Waals surface area contributed by atoms with Crippen molar-refractivity contribution in [1.82, 2.24) is 4.98 Å². The smallest absolute Gasteiger partial charge is 0.340 e. The molecule has 0 radical (unpaired) electrons. The number of pyridine rings is 1. The van der Waals surface area contributed by atoms with Crippen molar-refractivity contribution in [2.45, 2.75) is 11.8 Å². The maximum absolute atomic E-state index is 12.5. The van der Waals surface area contributed by atoms with Crippen LogP contribution in [0.5, 0.6) is 11.5 Å². The van der Waals surface area contributed by atoms with Gasteiger partial charge in [0.2, 0.25) is 0 Å². The van der Waals surface area contributed by atoms with Crippen molar-refractivity contribution >= 4 is 33.3 Å². The van der Waals surface area contributed by atoms with Gasteiger partial charge in [-0.1, -0.05) is 23.7 Å². The van der Waals surface area contributed by atoms with Crippen LogP contribution in [-0.4, -0.2) is 33.0 Å². The van der Waals surface area contributed by atoms with Crippen LogP contribution >= 0.6 is 11.6 Å². The molecule has 3 aromatic rings. The maximum atomic E-state index is 12.5. The molecule has 0 aliphatic heterocycles. The fraction of sp³-hybridized carbons (Fsp3) is 0.143. The number of halogens is 1. The number of likely N-dealkylation sites (N-methyl/N-ethyl adjacent to an activating group) is 1. The largest absolute Gasteiger partial charge is 0.484 e. The number of anilines is 1. The average molecular weight is 447 g/mol. The lowest BCUT2D eigenvalue weighted by Gasteiger charge is -2.17. The number of carbonyl (C=O) groups is 1. The Kier molecular flexibility index (Phi) is 6.59. The number of carbonyl (C=O) groups excluding carboxylic acids is 1. The third-order valence-corrected chi connectivity index (χ3v) is 5.87. The first-order chi connectivity index (χ1) is 14.3. The van der Waals surface area contributed by atoms with Gasteiger partial charge in [-0.2, -0.15) is 8.42 Å². The van der Waals surface area contributed by atoms with Crippen LogP contribution in [0, 0.1) is 6.92 Å². The second-order valence-electron chi connectivity index (χ2n) is 6.40. The molecule has 0 saturated heterocycles. The molecule has 1 heterocycles. The third kappa shape index (κ3) is 5.28. The van der Waals surface area contributed by atoms with Gasteiger partial charge < -0.3 is 13.8 Å². The topological polar surface area (TPSA) is 85.8 Å². The third-order valence-electron chi connectivity index (χ3n) is 4.12. The molecular formula is C21H19ClN2O5S. The van der Waals surface area contributed by atoms with Crippen molar-refractivity contribution in [3.63, 3.8) is 0 Å². The van der Waals surface area contributed by atoms with E-state index in [1.807, 2.05) is 0 Å². The lowest BCUT2D eigenvalue weighted by atomic mass is 10.2. The van der Waals surface area contributed by atoms with Crippen molar-refractivity contribution in [3.8, 4) is 11.5 Å². The van der Waals surface area contributed by atoms with Gasteiger partial charge in [-0.25, -0.2) is 0 Å². The monoisotopic (exact) mass is 446 g/mol. The van der Waals surface area contributed by atoms with Crippen molar-refractivity contribution < 1.29 is 22.1 Å². The Morgan fingerprint density at radius 1 is 1.07 bits per heavy atom. The number of amides is 1. The van der Waals surface area contributed by atoms with E-state index >= 15 is 0 Å². The van der Waals surface area contributed by atoms with Gasteiger partial charge in [-0.15, -0.1) is 0 Å². The summed E-state index contributed by atoms with van der Waals surface area (Å²) in [4.78, 5) is 17.6. The zero-order chi connectivity index (χ0) is 21.7. The minimum atomic E-state index is -4.13. The molecule has 30 heavy (non-hydrogen) atoms. The maximum Gasteiger partial charge on any atom is 0.340 e. The van der Waals surface area contributed by atoms with Crippen molar-refractivity contribution in [2.24, 2.45) is 0 Å². The molecule has 1 amide bonds. The Balaban J connectivity index is 1.72. The SMILES string of the molecule is Cc1cc(OCC(=O)N(C)c2ccncc2)cc(OS(=O)(=O)c2ccccc2Cl)c1. The molecule has 0 spiro atoms. The minimum Gasteiger partial charge on any atom is -0.484 e. The number of hydrogen-bond donors (Lipinski definition) is 0. The molecule has 9 heteroatoms. The van der Waals surface area contributed by atoms with E-state index in [-0.39, 0.29) is 28.2 Å². The predicted molar refractivity (Wildman–Crippen MR) is 114 cm³/mol. The van der Waals surface area contributed by atoms with E-state index in [4.69, 9.17) is 20.5 Å². The number of hydrogen-bond acceptors (Lipinski definition) is 6. The highest BCUT2D eigenvalue weighted by Gasteiger charge is 2.20. The van der Waals surface area contributed by atoms with E-state index in [9.17, 15) is 13.2 Å². The molecule has 0 unspecified atom stereocenters.